The summed E-state index contributed by atoms with van der Waals surface area (Å²) in [4.78, 5) is 36.6. The van der Waals surface area contributed by atoms with Gasteiger partial charge in [-0.05, 0) is 30.3 Å². The predicted octanol–water partition coefficient (Wildman–Crippen LogP) is 2.61. The van der Waals surface area contributed by atoms with Crippen molar-refractivity contribution in [2.45, 2.75) is 6.54 Å². The Morgan fingerprint density at radius 2 is 1.66 bits per heavy atom. The van der Waals surface area contributed by atoms with E-state index in [0.717, 1.165) is 0 Å². The number of aromatic carboxylic acids is 1. The van der Waals surface area contributed by atoms with E-state index in [-0.39, 0.29) is 29.3 Å². The van der Waals surface area contributed by atoms with E-state index in [1.807, 2.05) is 6.07 Å². The first-order chi connectivity index (χ1) is 14.0. The van der Waals surface area contributed by atoms with Crippen LogP contribution in [-0.2, 0) is 6.54 Å². The summed E-state index contributed by atoms with van der Waals surface area (Å²) in [6, 6.07) is 18.3. The van der Waals surface area contributed by atoms with Crippen molar-refractivity contribution in [2.24, 2.45) is 0 Å². The van der Waals surface area contributed by atoms with Gasteiger partial charge in [0.05, 0.1) is 17.6 Å². The van der Waals surface area contributed by atoms with Crippen molar-refractivity contribution < 1.29 is 19.1 Å². The molecule has 1 amide bonds. The van der Waals surface area contributed by atoms with Crippen molar-refractivity contribution in [1.82, 2.24) is 15.1 Å². The molecular formula is C21H15N3O5. The largest absolute Gasteiger partial charge is 0.475 e. The van der Waals surface area contributed by atoms with E-state index in [2.05, 4.69) is 10.4 Å². The predicted molar refractivity (Wildman–Crippen MR) is 104 cm³/mol. The molecule has 0 saturated carbocycles. The van der Waals surface area contributed by atoms with Crippen molar-refractivity contribution in [3.05, 3.63) is 94.3 Å². The van der Waals surface area contributed by atoms with Gasteiger partial charge in [0.1, 0.15) is 5.76 Å². The molecule has 0 spiro atoms. The number of para-hydroxylation sites is 1. The van der Waals surface area contributed by atoms with Gasteiger partial charge in [0.2, 0.25) is 5.76 Å². The quantitative estimate of drug-likeness (QED) is 0.542. The zero-order chi connectivity index (χ0) is 20.4. The van der Waals surface area contributed by atoms with E-state index in [0.29, 0.717) is 16.5 Å². The van der Waals surface area contributed by atoms with Gasteiger partial charge >= 0.3 is 5.97 Å². The molecule has 0 aliphatic rings. The number of benzene rings is 2. The molecule has 29 heavy (non-hydrogen) atoms. The van der Waals surface area contributed by atoms with E-state index in [1.165, 1.54) is 16.8 Å². The molecule has 8 heteroatoms. The minimum absolute atomic E-state index is 0.0212. The number of rotatable bonds is 5. The average molecular weight is 389 g/mol. The highest BCUT2D eigenvalue weighted by Gasteiger charge is 2.18. The first-order valence-electron chi connectivity index (χ1n) is 8.72. The van der Waals surface area contributed by atoms with Crippen molar-refractivity contribution >= 4 is 22.6 Å². The smallest absolute Gasteiger partial charge is 0.371 e. The first kappa shape index (κ1) is 18.2. The molecule has 0 aliphatic carbocycles. The SMILES string of the molecule is O=C(O)c1ccc(CNC(=O)c2nn(-c3ccccc3)c(=O)c3ccccc23)o1. The monoisotopic (exact) mass is 389 g/mol. The third kappa shape index (κ3) is 3.51. The van der Waals surface area contributed by atoms with Gasteiger partial charge in [0.15, 0.2) is 5.69 Å². The molecule has 144 valence electrons. The molecule has 0 radical (unpaired) electrons. The lowest BCUT2D eigenvalue weighted by Gasteiger charge is -2.11. The molecule has 2 aromatic heterocycles. The van der Waals surface area contributed by atoms with Crippen LogP contribution in [0.25, 0.3) is 16.5 Å². The van der Waals surface area contributed by atoms with Crippen LogP contribution >= 0.6 is 0 Å². The van der Waals surface area contributed by atoms with E-state index < -0.39 is 11.9 Å². The van der Waals surface area contributed by atoms with Gasteiger partial charge in [0.25, 0.3) is 11.5 Å². The lowest BCUT2D eigenvalue weighted by molar-refractivity contribution is 0.0660. The number of nitrogens with one attached hydrogen (secondary N) is 1. The third-order valence-corrected chi connectivity index (χ3v) is 4.32. The van der Waals surface area contributed by atoms with Gasteiger partial charge in [-0.1, -0.05) is 36.4 Å². The number of aromatic nitrogens is 2. The lowest BCUT2D eigenvalue weighted by Crippen LogP contribution is -2.29. The van der Waals surface area contributed by atoms with Crippen LogP contribution < -0.4 is 10.9 Å². The molecule has 0 unspecified atom stereocenters. The Balaban J connectivity index is 1.72. The summed E-state index contributed by atoms with van der Waals surface area (Å²) in [6.07, 6.45) is 0. The van der Waals surface area contributed by atoms with Crippen LogP contribution in [0.2, 0.25) is 0 Å². The fourth-order valence-electron chi connectivity index (χ4n) is 2.94. The number of amides is 1. The second kappa shape index (κ2) is 7.43. The number of carboxylic acid groups (broad SMARTS) is 1. The maximum absolute atomic E-state index is 12.8. The standard InChI is InChI=1S/C21H15N3O5/c25-19(22-12-14-10-11-17(29-14)21(27)28)18-15-8-4-5-9-16(15)20(26)24(23-18)13-6-2-1-3-7-13/h1-11H,12H2,(H,22,25)(H,27,28). The number of hydrogen-bond donors (Lipinski definition) is 2. The Hall–Kier alpha value is -4.20. The number of carbonyl (C=O) groups is 2. The van der Waals surface area contributed by atoms with Crippen LogP contribution in [0.5, 0.6) is 0 Å². The lowest BCUT2D eigenvalue weighted by atomic mass is 10.1. The molecule has 0 atom stereocenters. The molecule has 0 saturated heterocycles. The second-order valence-corrected chi connectivity index (χ2v) is 6.20. The van der Waals surface area contributed by atoms with Gasteiger partial charge in [-0.25, -0.2) is 4.79 Å². The van der Waals surface area contributed by atoms with Crippen molar-refractivity contribution in [3.8, 4) is 5.69 Å². The number of furan rings is 1. The topological polar surface area (TPSA) is 114 Å². The van der Waals surface area contributed by atoms with Crippen LogP contribution in [0.3, 0.4) is 0 Å². The summed E-state index contributed by atoms with van der Waals surface area (Å²) in [5.74, 6) is -1.63. The van der Waals surface area contributed by atoms with E-state index in [9.17, 15) is 14.4 Å². The van der Waals surface area contributed by atoms with Crippen molar-refractivity contribution in [1.29, 1.82) is 0 Å². The summed E-state index contributed by atoms with van der Waals surface area (Å²) < 4.78 is 6.33. The molecule has 2 heterocycles. The fraction of sp³-hybridized carbons (Fsp3) is 0.0476. The Bertz CT molecular complexity index is 1270. The minimum Gasteiger partial charge on any atom is -0.475 e. The van der Waals surface area contributed by atoms with E-state index in [1.54, 1.807) is 48.5 Å². The highest BCUT2D eigenvalue weighted by Crippen LogP contribution is 2.15. The number of hydrogen-bond acceptors (Lipinski definition) is 5. The molecule has 4 rings (SSSR count). The third-order valence-electron chi connectivity index (χ3n) is 4.32. The van der Waals surface area contributed by atoms with Crippen LogP contribution in [0.4, 0.5) is 0 Å². The van der Waals surface area contributed by atoms with Crippen LogP contribution in [0.15, 0.2) is 75.9 Å². The second-order valence-electron chi connectivity index (χ2n) is 6.20. The molecule has 0 fully saturated rings. The molecule has 8 nitrogen and oxygen atoms in total. The van der Waals surface area contributed by atoms with Gasteiger partial charge in [-0.15, -0.1) is 0 Å². The number of carbonyl (C=O) groups excluding carboxylic acids is 1. The molecule has 0 aliphatic heterocycles. The maximum atomic E-state index is 12.8. The number of fused-ring (bicyclic) bond motifs is 1. The summed E-state index contributed by atoms with van der Waals surface area (Å²) in [6.45, 7) is -0.0212. The molecule has 0 bridgehead atoms. The minimum atomic E-state index is -1.19. The highest BCUT2D eigenvalue weighted by molar-refractivity contribution is 6.04. The summed E-state index contributed by atoms with van der Waals surface area (Å²) in [5.41, 5.74) is 0.281. The van der Waals surface area contributed by atoms with Crippen LogP contribution in [0.1, 0.15) is 26.8 Å². The Labute approximate surface area is 164 Å². The molecule has 4 aromatic rings. The van der Waals surface area contributed by atoms with E-state index >= 15 is 0 Å². The van der Waals surface area contributed by atoms with Crippen LogP contribution in [0, 0.1) is 0 Å². The molecule has 2 N–H and O–H groups in total. The zero-order valence-corrected chi connectivity index (χ0v) is 15.0. The average Bonchev–Trinajstić information content (AvgIpc) is 3.23. The Morgan fingerprint density at radius 3 is 2.34 bits per heavy atom. The number of carboxylic acids is 1. The number of nitrogens with zero attached hydrogens (tertiary/aromatic N) is 2. The molecular weight excluding hydrogens is 374 g/mol. The maximum Gasteiger partial charge on any atom is 0.371 e. The zero-order valence-electron chi connectivity index (χ0n) is 15.0. The highest BCUT2D eigenvalue weighted by atomic mass is 16.4. The van der Waals surface area contributed by atoms with Crippen molar-refractivity contribution in [3.63, 3.8) is 0 Å². The summed E-state index contributed by atoms with van der Waals surface area (Å²) in [7, 11) is 0. The van der Waals surface area contributed by atoms with Gasteiger partial charge in [-0.2, -0.15) is 9.78 Å². The Morgan fingerprint density at radius 1 is 0.966 bits per heavy atom. The fourth-order valence-corrected chi connectivity index (χ4v) is 2.94. The Kier molecular flexibility index (Phi) is 4.66. The van der Waals surface area contributed by atoms with Crippen molar-refractivity contribution in [2.75, 3.05) is 0 Å². The van der Waals surface area contributed by atoms with Gasteiger partial charge in [-0.3, -0.25) is 9.59 Å². The normalized spacial score (nSPS) is 10.8. The van der Waals surface area contributed by atoms with Gasteiger partial charge in [0, 0.05) is 5.39 Å². The van der Waals surface area contributed by atoms with Crippen LogP contribution in [-0.4, -0.2) is 26.8 Å². The van der Waals surface area contributed by atoms with Gasteiger partial charge < -0.3 is 14.8 Å². The van der Waals surface area contributed by atoms with E-state index in [4.69, 9.17) is 9.52 Å². The first-order valence-corrected chi connectivity index (χ1v) is 8.72. The summed E-state index contributed by atoms with van der Waals surface area (Å²) in [5, 5.41) is 16.6. The molecule has 2 aromatic carbocycles. The summed E-state index contributed by atoms with van der Waals surface area (Å²) >= 11 is 0.